The van der Waals surface area contributed by atoms with Gasteiger partial charge in [0, 0.05) is 12.7 Å². The number of guanidine groups is 1. The Morgan fingerprint density at radius 2 is 2.04 bits per heavy atom. The van der Waals surface area contributed by atoms with Gasteiger partial charge < -0.3 is 20.1 Å². The molecule has 0 radical (unpaired) electrons. The monoisotopic (exact) mass is 366 g/mol. The van der Waals surface area contributed by atoms with Crippen molar-refractivity contribution in [2.24, 2.45) is 4.99 Å². The Balaban J connectivity index is 1.60. The largest absolute Gasteiger partial charge is 0.497 e. The standard InChI is InChI=1S/C19H18N4O2S/c1-23(13-4-6-14(25-2)7-5-13)19-21-16(18(24)22-19)9-12-3-8-15-17(10-12)26-11-20-15/h3-11,18,24H,1-2H3,(H,21,22)/b16-9-. The summed E-state index contributed by atoms with van der Waals surface area (Å²) in [7, 11) is 3.53. The van der Waals surface area contributed by atoms with Gasteiger partial charge in [-0.1, -0.05) is 6.07 Å². The third-order valence-electron chi connectivity index (χ3n) is 4.23. The van der Waals surface area contributed by atoms with Crippen LogP contribution >= 0.6 is 11.3 Å². The molecule has 4 rings (SSSR count). The van der Waals surface area contributed by atoms with Crippen molar-refractivity contribution < 1.29 is 9.84 Å². The fourth-order valence-corrected chi connectivity index (χ4v) is 3.48. The summed E-state index contributed by atoms with van der Waals surface area (Å²) in [4.78, 5) is 10.7. The number of methoxy groups -OCH3 is 1. The number of nitrogens with zero attached hydrogens (tertiary/aromatic N) is 3. The van der Waals surface area contributed by atoms with Gasteiger partial charge in [-0.05, 0) is 48.0 Å². The predicted molar refractivity (Wildman–Crippen MR) is 106 cm³/mol. The maximum atomic E-state index is 10.3. The van der Waals surface area contributed by atoms with E-state index < -0.39 is 6.23 Å². The van der Waals surface area contributed by atoms with E-state index in [-0.39, 0.29) is 0 Å². The van der Waals surface area contributed by atoms with Crippen molar-refractivity contribution in [2.75, 3.05) is 19.1 Å². The Bertz CT molecular complexity index is 994. The van der Waals surface area contributed by atoms with Crippen LogP contribution in [0.15, 0.2) is 58.7 Å². The van der Waals surface area contributed by atoms with Gasteiger partial charge in [0.1, 0.15) is 5.75 Å². The van der Waals surface area contributed by atoms with E-state index in [1.807, 2.05) is 66.0 Å². The second-order valence-corrected chi connectivity index (χ2v) is 6.77. The van der Waals surface area contributed by atoms with E-state index >= 15 is 0 Å². The van der Waals surface area contributed by atoms with Crippen molar-refractivity contribution in [2.45, 2.75) is 6.23 Å². The number of anilines is 1. The molecule has 0 aliphatic carbocycles. The Morgan fingerprint density at radius 1 is 1.23 bits per heavy atom. The number of rotatable bonds is 3. The molecule has 0 bridgehead atoms. The van der Waals surface area contributed by atoms with Crippen LogP contribution < -0.4 is 15.0 Å². The highest BCUT2D eigenvalue weighted by Gasteiger charge is 2.23. The van der Waals surface area contributed by atoms with Crippen molar-refractivity contribution in [3.05, 3.63) is 59.2 Å². The van der Waals surface area contributed by atoms with Crippen LogP contribution in [-0.4, -0.2) is 36.4 Å². The molecule has 3 aromatic rings. The highest BCUT2D eigenvalue weighted by atomic mass is 32.1. The lowest BCUT2D eigenvalue weighted by molar-refractivity contribution is 0.204. The smallest absolute Gasteiger partial charge is 0.205 e. The normalized spacial score (nSPS) is 18.0. The first-order valence-electron chi connectivity index (χ1n) is 8.10. The van der Waals surface area contributed by atoms with Crippen molar-refractivity contribution in [1.82, 2.24) is 10.3 Å². The zero-order chi connectivity index (χ0) is 18.1. The van der Waals surface area contributed by atoms with E-state index in [4.69, 9.17) is 4.74 Å². The lowest BCUT2D eigenvalue weighted by atomic mass is 10.2. The van der Waals surface area contributed by atoms with Crippen LogP contribution in [0.4, 0.5) is 5.69 Å². The lowest BCUT2D eigenvalue weighted by Crippen LogP contribution is -2.39. The number of benzene rings is 2. The van der Waals surface area contributed by atoms with Crippen LogP contribution in [0.1, 0.15) is 5.56 Å². The summed E-state index contributed by atoms with van der Waals surface area (Å²) < 4.78 is 6.29. The molecule has 1 atom stereocenters. The number of aliphatic imine (C=N–C) groups is 1. The van der Waals surface area contributed by atoms with E-state index in [2.05, 4.69) is 15.3 Å². The molecule has 0 amide bonds. The minimum absolute atomic E-state index is 0.573. The van der Waals surface area contributed by atoms with Crippen LogP contribution in [0.5, 0.6) is 5.75 Å². The Labute approximate surface area is 155 Å². The first-order valence-corrected chi connectivity index (χ1v) is 8.98. The molecule has 1 unspecified atom stereocenters. The maximum Gasteiger partial charge on any atom is 0.205 e. The van der Waals surface area contributed by atoms with Crippen LogP contribution in [0, 0.1) is 0 Å². The minimum Gasteiger partial charge on any atom is -0.497 e. The molecule has 2 heterocycles. The lowest BCUT2D eigenvalue weighted by Gasteiger charge is -2.19. The molecule has 26 heavy (non-hydrogen) atoms. The van der Waals surface area contributed by atoms with Gasteiger partial charge >= 0.3 is 0 Å². The summed E-state index contributed by atoms with van der Waals surface area (Å²) in [5.74, 6) is 1.38. The minimum atomic E-state index is -0.845. The van der Waals surface area contributed by atoms with E-state index in [0.29, 0.717) is 11.7 Å². The van der Waals surface area contributed by atoms with E-state index in [1.54, 1.807) is 18.4 Å². The molecular weight excluding hydrogens is 348 g/mol. The summed E-state index contributed by atoms with van der Waals surface area (Å²) in [6.45, 7) is 0. The van der Waals surface area contributed by atoms with Gasteiger partial charge in [-0.3, -0.25) is 0 Å². The summed E-state index contributed by atoms with van der Waals surface area (Å²) >= 11 is 1.59. The van der Waals surface area contributed by atoms with Gasteiger partial charge in [0.05, 0.1) is 28.5 Å². The zero-order valence-electron chi connectivity index (χ0n) is 14.4. The molecule has 0 saturated heterocycles. The third kappa shape index (κ3) is 3.14. The number of ether oxygens (including phenoxy) is 1. The maximum absolute atomic E-state index is 10.3. The van der Waals surface area contributed by atoms with Crippen LogP contribution in [-0.2, 0) is 0 Å². The molecule has 2 aromatic carbocycles. The number of hydrogen-bond acceptors (Lipinski definition) is 7. The van der Waals surface area contributed by atoms with Crippen molar-refractivity contribution in [3.63, 3.8) is 0 Å². The number of hydrogen-bond donors (Lipinski definition) is 2. The van der Waals surface area contributed by atoms with Gasteiger partial charge in [0.15, 0.2) is 6.23 Å². The summed E-state index contributed by atoms with van der Waals surface area (Å²) in [6.07, 6.45) is 1.04. The second-order valence-electron chi connectivity index (χ2n) is 5.89. The molecule has 0 fully saturated rings. The molecule has 1 aliphatic rings. The molecule has 1 aliphatic heterocycles. The van der Waals surface area contributed by atoms with Crippen LogP contribution in [0.3, 0.4) is 0 Å². The highest BCUT2D eigenvalue weighted by Crippen LogP contribution is 2.24. The fraction of sp³-hybridized carbons (Fsp3) is 0.158. The summed E-state index contributed by atoms with van der Waals surface area (Å²) in [5.41, 5.74) is 5.30. The fourth-order valence-electron chi connectivity index (χ4n) is 2.76. The molecule has 0 spiro atoms. The van der Waals surface area contributed by atoms with Crippen LogP contribution in [0.2, 0.25) is 0 Å². The Hall–Kier alpha value is -2.90. The predicted octanol–water partition coefficient (Wildman–Crippen LogP) is 3.06. The first-order chi connectivity index (χ1) is 12.6. The van der Waals surface area contributed by atoms with Gasteiger partial charge in [-0.15, -0.1) is 11.3 Å². The number of nitrogens with one attached hydrogen (secondary N) is 1. The van der Waals surface area contributed by atoms with E-state index in [9.17, 15) is 5.11 Å². The van der Waals surface area contributed by atoms with E-state index in [0.717, 1.165) is 27.2 Å². The molecule has 132 valence electrons. The molecule has 0 saturated carbocycles. The van der Waals surface area contributed by atoms with Crippen molar-refractivity contribution in [1.29, 1.82) is 0 Å². The molecular formula is C19H18N4O2S. The highest BCUT2D eigenvalue weighted by molar-refractivity contribution is 7.16. The molecule has 7 heteroatoms. The summed E-state index contributed by atoms with van der Waals surface area (Å²) in [6, 6.07) is 13.7. The number of thiazole rings is 1. The molecule has 1 aromatic heterocycles. The second kappa shape index (κ2) is 6.78. The molecule has 6 nitrogen and oxygen atoms in total. The van der Waals surface area contributed by atoms with Crippen molar-refractivity contribution >= 4 is 39.3 Å². The third-order valence-corrected chi connectivity index (χ3v) is 5.02. The van der Waals surface area contributed by atoms with Gasteiger partial charge in [-0.2, -0.15) is 0 Å². The number of fused-ring (bicyclic) bond motifs is 1. The van der Waals surface area contributed by atoms with Gasteiger partial charge in [-0.25, -0.2) is 9.98 Å². The number of aliphatic hydroxyl groups is 1. The van der Waals surface area contributed by atoms with E-state index in [1.165, 1.54) is 0 Å². The number of aromatic nitrogens is 1. The zero-order valence-corrected chi connectivity index (χ0v) is 15.2. The Kier molecular flexibility index (Phi) is 4.32. The summed E-state index contributed by atoms with van der Waals surface area (Å²) in [5, 5.41) is 13.3. The SMILES string of the molecule is COc1ccc(N(C)C2=N/C(=C\c3ccc4ncsc4c3)C(O)N2)cc1. The Morgan fingerprint density at radius 3 is 2.81 bits per heavy atom. The van der Waals surface area contributed by atoms with Crippen LogP contribution in [0.25, 0.3) is 16.3 Å². The van der Waals surface area contributed by atoms with Gasteiger partial charge in [0.25, 0.3) is 0 Å². The van der Waals surface area contributed by atoms with Crippen molar-refractivity contribution in [3.8, 4) is 5.75 Å². The topological polar surface area (TPSA) is 70.0 Å². The molecule has 2 N–H and O–H groups in total. The number of aliphatic hydroxyl groups excluding tert-OH is 1. The average molecular weight is 366 g/mol. The first kappa shape index (κ1) is 16.6. The average Bonchev–Trinajstić information content (AvgIpc) is 3.28. The quantitative estimate of drug-likeness (QED) is 0.746. The van der Waals surface area contributed by atoms with Gasteiger partial charge in [0.2, 0.25) is 5.96 Å².